The molecule has 3 aromatic rings. The van der Waals surface area contributed by atoms with Crippen molar-refractivity contribution < 1.29 is 19.1 Å². The molecule has 2 aliphatic rings. The minimum Gasteiger partial charge on any atom is -0.444 e. The minimum absolute atomic E-state index is 0.147. The van der Waals surface area contributed by atoms with Gasteiger partial charge in [-0.25, -0.2) is 9.78 Å². The van der Waals surface area contributed by atoms with Crippen molar-refractivity contribution in [2.24, 2.45) is 0 Å². The van der Waals surface area contributed by atoms with Crippen molar-refractivity contribution in [1.29, 1.82) is 0 Å². The van der Waals surface area contributed by atoms with E-state index in [1.165, 1.54) is 5.56 Å². The summed E-state index contributed by atoms with van der Waals surface area (Å²) in [7, 11) is 0. The van der Waals surface area contributed by atoms with E-state index in [1.54, 1.807) is 6.20 Å². The monoisotopic (exact) mass is 505 g/mol. The lowest BCUT2D eigenvalue weighted by Crippen LogP contribution is -2.46. The summed E-state index contributed by atoms with van der Waals surface area (Å²) in [5.41, 5.74) is 2.47. The Hall–Kier alpha value is -3.46. The fraction of sp³-hybridized carbons (Fsp3) is 0.500. The first-order chi connectivity index (χ1) is 17.7. The number of ether oxygens (including phenoxy) is 1. The summed E-state index contributed by atoms with van der Waals surface area (Å²) in [6.45, 7) is 8.42. The standard InChI is InChI=1S/C28H35N5O4/c1-28(2,3)37-27(36)30-19-11-15-32(16-12-19)14-10-18-6-7-22-21(17-18)20-5-4-13-29-25(20)33(22)23-8-9-24(34)31-26(23)35/h4-7,13,17,19,23H,8-12,14-16H2,1-3H3,(H,30,36)(H,31,34,35). The number of likely N-dealkylation sites (tertiary alicyclic amines) is 1. The second kappa shape index (κ2) is 10.1. The molecule has 1 aromatic carbocycles. The maximum absolute atomic E-state index is 12.7. The topological polar surface area (TPSA) is 106 Å². The van der Waals surface area contributed by atoms with Crippen molar-refractivity contribution in [3.63, 3.8) is 0 Å². The van der Waals surface area contributed by atoms with Gasteiger partial charge in [0, 0.05) is 49.1 Å². The summed E-state index contributed by atoms with van der Waals surface area (Å²) in [5.74, 6) is -0.490. The number of fused-ring (bicyclic) bond motifs is 3. The van der Waals surface area contributed by atoms with Gasteiger partial charge >= 0.3 is 6.09 Å². The third-order valence-electron chi connectivity index (χ3n) is 7.17. The largest absolute Gasteiger partial charge is 0.444 e. The average molecular weight is 506 g/mol. The number of rotatable bonds is 5. The summed E-state index contributed by atoms with van der Waals surface area (Å²) in [6.07, 6.45) is 4.92. The fourth-order valence-corrected chi connectivity index (χ4v) is 5.38. The number of hydrogen-bond donors (Lipinski definition) is 2. The quantitative estimate of drug-likeness (QED) is 0.513. The molecule has 0 bridgehead atoms. The second-order valence-electron chi connectivity index (χ2n) is 11.1. The number of benzene rings is 1. The molecule has 9 heteroatoms. The lowest BCUT2D eigenvalue weighted by Gasteiger charge is -2.32. The Morgan fingerprint density at radius 2 is 1.92 bits per heavy atom. The molecule has 0 spiro atoms. The predicted octanol–water partition coefficient (Wildman–Crippen LogP) is 3.70. The highest BCUT2D eigenvalue weighted by atomic mass is 16.6. The van der Waals surface area contributed by atoms with E-state index >= 15 is 0 Å². The van der Waals surface area contributed by atoms with Crippen molar-refractivity contribution in [2.75, 3.05) is 19.6 Å². The van der Waals surface area contributed by atoms with Gasteiger partial charge in [0.25, 0.3) is 0 Å². The van der Waals surface area contributed by atoms with E-state index in [2.05, 4.69) is 38.7 Å². The van der Waals surface area contributed by atoms with Gasteiger partial charge in [-0.1, -0.05) is 6.07 Å². The minimum atomic E-state index is -0.490. The molecule has 1 atom stereocenters. The summed E-state index contributed by atoms with van der Waals surface area (Å²) < 4.78 is 7.37. The molecule has 1 unspecified atom stereocenters. The van der Waals surface area contributed by atoms with Crippen LogP contribution in [0.1, 0.15) is 58.1 Å². The third-order valence-corrected chi connectivity index (χ3v) is 7.17. The number of aromatic nitrogens is 2. The Balaban J connectivity index is 1.26. The molecule has 196 valence electrons. The number of amides is 3. The van der Waals surface area contributed by atoms with Gasteiger partial charge in [-0.15, -0.1) is 0 Å². The van der Waals surface area contributed by atoms with Crippen LogP contribution in [-0.2, 0) is 20.7 Å². The highest BCUT2D eigenvalue weighted by molar-refractivity contribution is 6.09. The Bertz CT molecular complexity index is 1330. The van der Waals surface area contributed by atoms with E-state index in [9.17, 15) is 14.4 Å². The van der Waals surface area contributed by atoms with E-state index in [1.807, 2.05) is 37.5 Å². The van der Waals surface area contributed by atoms with Crippen LogP contribution in [0.3, 0.4) is 0 Å². The Morgan fingerprint density at radius 3 is 2.65 bits per heavy atom. The van der Waals surface area contributed by atoms with Crippen molar-refractivity contribution in [2.45, 2.75) is 70.6 Å². The Kier molecular flexibility index (Phi) is 6.90. The molecule has 3 amide bonds. The van der Waals surface area contributed by atoms with Crippen molar-refractivity contribution in [3.05, 3.63) is 42.1 Å². The maximum Gasteiger partial charge on any atom is 0.407 e. The van der Waals surface area contributed by atoms with Crippen LogP contribution in [-0.4, -0.2) is 63.6 Å². The van der Waals surface area contributed by atoms with Gasteiger partial charge in [-0.05, 0) is 76.3 Å². The van der Waals surface area contributed by atoms with Crippen LogP contribution in [0.15, 0.2) is 36.5 Å². The van der Waals surface area contributed by atoms with Gasteiger partial charge in [0.05, 0.1) is 5.52 Å². The first kappa shape index (κ1) is 25.2. The first-order valence-electron chi connectivity index (χ1n) is 13.1. The van der Waals surface area contributed by atoms with Gasteiger partial charge < -0.3 is 19.5 Å². The zero-order chi connectivity index (χ0) is 26.2. The molecule has 2 N–H and O–H groups in total. The van der Waals surface area contributed by atoms with E-state index in [0.29, 0.717) is 12.8 Å². The number of nitrogens with zero attached hydrogens (tertiary/aromatic N) is 3. The van der Waals surface area contributed by atoms with Crippen LogP contribution >= 0.6 is 0 Å². The van der Waals surface area contributed by atoms with Crippen LogP contribution in [0.2, 0.25) is 0 Å². The zero-order valence-electron chi connectivity index (χ0n) is 21.8. The Labute approximate surface area is 216 Å². The summed E-state index contributed by atoms with van der Waals surface area (Å²) in [4.78, 5) is 43.4. The second-order valence-corrected chi connectivity index (χ2v) is 11.1. The molecular weight excluding hydrogens is 470 g/mol. The van der Waals surface area contributed by atoms with E-state index in [-0.39, 0.29) is 23.9 Å². The van der Waals surface area contributed by atoms with Gasteiger partial charge in [-0.2, -0.15) is 0 Å². The normalized spacial score (nSPS) is 19.8. The van der Waals surface area contributed by atoms with Crippen molar-refractivity contribution in [1.82, 2.24) is 25.1 Å². The van der Waals surface area contributed by atoms with Gasteiger partial charge in [-0.3, -0.25) is 14.9 Å². The lowest BCUT2D eigenvalue weighted by molar-refractivity contribution is -0.135. The molecule has 2 aliphatic heterocycles. The molecule has 0 saturated carbocycles. The van der Waals surface area contributed by atoms with Crippen LogP contribution in [0, 0.1) is 0 Å². The molecule has 5 rings (SSSR count). The highest BCUT2D eigenvalue weighted by Crippen LogP contribution is 2.34. The SMILES string of the molecule is CC(C)(C)OC(=O)NC1CCN(CCc2ccc3c(c2)c2cccnc2n3C2CCC(=O)NC2=O)CC1. The van der Waals surface area contributed by atoms with Crippen LogP contribution in [0.4, 0.5) is 4.79 Å². The number of imide groups is 1. The lowest BCUT2D eigenvalue weighted by atomic mass is 10.0. The molecule has 0 radical (unpaired) electrons. The molecule has 0 aliphatic carbocycles. The van der Waals surface area contributed by atoms with Crippen LogP contribution in [0.5, 0.6) is 0 Å². The van der Waals surface area contributed by atoms with Gasteiger partial charge in [0.1, 0.15) is 17.3 Å². The molecular formula is C28H35N5O4. The average Bonchev–Trinajstić information content (AvgIpc) is 3.16. The number of pyridine rings is 1. The van der Waals surface area contributed by atoms with Crippen molar-refractivity contribution >= 4 is 39.8 Å². The molecule has 2 saturated heterocycles. The smallest absolute Gasteiger partial charge is 0.407 e. The van der Waals surface area contributed by atoms with E-state index in [0.717, 1.165) is 60.8 Å². The summed E-state index contributed by atoms with van der Waals surface area (Å²) in [6, 6.07) is 10.1. The third kappa shape index (κ3) is 5.61. The maximum atomic E-state index is 12.7. The number of piperidine rings is 2. The van der Waals surface area contributed by atoms with Gasteiger partial charge in [0.2, 0.25) is 11.8 Å². The molecule has 4 heterocycles. The number of alkyl carbamates (subject to hydrolysis) is 1. The molecule has 2 aromatic heterocycles. The highest BCUT2D eigenvalue weighted by Gasteiger charge is 2.31. The molecule has 37 heavy (non-hydrogen) atoms. The number of nitrogens with one attached hydrogen (secondary N) is 2. The van der Waals surface area contributed by atoms with E-state index in [4.69, 9.17) is 4.74 Å². The number of carbonyl (C=O) groups excluding carboxylic acids is 3. The van der Waals surface area contributed by atoms with Crippen molar-refractivity contribution in [3.8, 4) is 0 Å². The zero-order valence-corrected chi connectivity index (χ0v) is 21.8. The number of carbonyl (C=O) groups is 3. The number of hydrogen-bond acceptors (Lipinski definition) is 6. The first-order valence-corrected chi connectivity index (χ1v) is 13.1. The molecule has 2 fully saturated rings. The Morgan fingerprint density at radius 1 is 1.14 bits per heavy atom. The van der Waals surface area contributed by atoms with Gasteiger partial charge in [0.15, 0.2) is 0 Å². The van der Waals surface area contributed by atoms with Crippen LogP contribution in [0.25, 0.3) is 21.9 Å². The van der Waals surface area contributed by atoms with Crippen LogP contribution < -0.4 is 10.6 Å². The van der Waals surface area contributed by atoms with E-state index < -0.39 is 11.6 Å². The predicted molar refractivity (Wildman–Crippen MR) is 141 cm³/mol. The summed E-state index contributed by atoms with van der Waals surface area (Å²) >= 11 is 0. The fourth-order valence-electron chi connectivity index (χ4n) is 5.38. The summed E-state index contributed by atoms with van der Waals surface area (Å²) in [5, 5.41) is 7.56. The molecule has 9 nitrogen and oxygen atoms in total.